The van der Waals surface area contributed by atoms with E-state index in [4.69, 9.17) is 0 Å². The molecular formula is C18H17N5O3. The first-order chi connectivity index (χ1) is 12.6. The Labute approximate surface area is 148 Å². The molecule has 0 unspecified atom stereocenters. The van der Waals surface area contributed by atoms with Crippen molar-refractivity contribution in [1.29, 1.82) is 0 Å². The second-order valence-corrected chi connectivity index (χ2v) is 5.62. The standard InChI is InChI=1S/C18H17N5O3/c1-19-17(25)13-8-6-12(7-9-13)10-20-16(24)11-23-18(26)14-4-2-3-5-15(14)21-22-23/h2-9H,10-11H2,1H3,(H,19,25)(H,20,24). The lowest BCUT2D eigenvalue weighted by atomic mass is 10.1. The van der Waals surface area contributed by atoms with E-state index in [-0.39, 0.29) is 30.5 Å². The van der Waals surface area contributed by atoms with E-state index in [0.29, 0.717) is 16.5 Å². The average Bonchev–Trinajstić information content (AvgIpc) is 2.68. The number of rotatable bonds is 5. The van der Waals surface area contributed by atoms with Gasteiger partial charge in [-0.05, 0) is 29.8 Å². The zero-order valence-electron chi connectivity index (χ0n) is 14.1. The summed E-state index contributed by atoms with van der Waals surface area (Å²) in [6.45, 7) is 0.0651. The van der Waals surface area contributed by atoms with Crippen molar-refractivity contribution in [2.24, 2.45) is 0 Å². The van der Waals surface area contributed by atoms with Gasteiger partial charge in [-0.2, -0.15) is 0 Å². The molecule has 0 saturated heterocycles. The maximum Gasteiger partial charge on any atom is 0.278 e. The van der Waals surface area contributed by atoms with Crippen molar-refractivity contribution < 1.29 is 9.59 Å². The van der Waals surface area contributed by atoms with Crippen LogP contribution in [-0.2, 0) is 17.9 Å². The highest BCUT2D eigenvalue weighted by Crippen LogP contribution is 2.05. The molecule has 3 aromatic rings. The van der Waals surface area contributed by atoms with Gasteiger partial charge in [0.1, 0.15) is 12.1 Å². The summed E-state index contributed by atoms with van der Waals surface area (Å²) >= 11 is 0. The lowest BCUT2D eigenvalue weighted by molar-refractivity contribution is -0.122. The Morgan fingerprint density at radius 3 is 2.54 bits per heavy atom. The molecule has 26 heavy (non-hydrogen) atoms. The number of aromatic nitrogens is 3. The molecule has 2 aromatic carbocycles. The molecule has 0 bridgehead atoms. The number of amides is 2. The largest absolute Gasteiger partial charge is 0.355 e. The van der Waals surface area contributed by atoms with Crippen molar-refractivity contribution in [3.05, 3.63) is 70.0 Å². The third-order valence-corrected chi connectivity index (χ3v) is 3.86. The molecule has 0 aliphatic heterocycles. The Morgan fingerprint density at radius 2 is 1.81 bits per heavy atom. The third-order valence-electron chi connectivity index (χ3n) is 3.86. The zero-order valence-corrected chi connectivity index (χ0v) is 14.1. The monoisotopic (exact) mass is 351 g/mol. The molecule has 0 aliphatic carbocycles. The molecule has 0 atom stereocenters. The fourth-order valence-corrected chi connectivity index (χ4v) is 2.44. The van der Waals surface area contributed by atoms with Crippen LogP contribution >= 0.6 is 0 Å². The van der Waals surface area contributed by atoms with Crippen molar-refractivity contribution in [3.8, 4) is 0 Å². The Kier molecular flexibility index (Phi) is 5.02. The Hall–Kier alpha value is -3.55. The molecule has 0 spiro atoms. The minimum absolute atomic E-state index is 0.171. The van der Waals surface area contributed by atoms with Crippen molar-refractivity contribution in [2.75, 3.05) is 7.05 Å². The quantitative estimate of drug-likeness (QED) is 0.695. The van der Waals surface area contributed by atoms with Crippen LogP contribution in [0.25, 0.3) is 10.9 Å². The summed E-state index contributed by atoms with van der Waals surface area (Å²) in [5, 5.41) is 13.4. The molecule has 0 aliphatic rings. The summed E-state index contributed by atoms with van der Waals surface area (Å²) in [6.07, 6.45) is 0. The molecule has 0 radical (unpaired) electrons. The predicted molar refractivity (Wildman–Crippen MR) is 95.5 cm³/mol. The molecule has 132 valence electrons. The van der Waals surface area contributed by atoms with Gasteiger partial charge in [-0.3, -0.25) is 14.4 Å². The van der Waals surface area contributed by atoms with Crippen molar-refractivity contribution >= 4 is 22.7 Å². The fourth-order valence-electron chi connectivity index (χ4n) is 2.44. The van der Waals surface area contributed by atoms with Crippen LogP contribution in [0.5, 0.6) is 0 Å². The van der Waals surface area contributed by atoms with Crippen LogP contribution in [0.4, 0.5) is 0 Å². The first-order valence-electron chi connectivity index (χ1n) is 7.99. The van der Waals surface area contributed by atoms with Gasteiger partial charge in [-0.25, -0.2) is 4.68 Å². The van der Waals surface area contributed by atoms with Crippen LogP contribution < -0.4 is 16.2 Å². The minimum Gasteiger partial charge on any atom is -0.355 e. The topological polar surface area (TPSA) is 106 Å². The summed E-state index contributed by atoms with van der Waals surface area (Å²) in [4.78, 5) is 35.9. The van der Waals surface area contributed by atoms with E-state index in [1.165, 1.54) is 0 Å². The number of carbonyl (C=O) groups is 2. The number of hydrogen-bond acceptors (Lipinski definition) is 5. The number of hydrogen-bond donors (Lipinski definition) is 2. The van der Waals surface area contributed by atoms with E-state index in [1.807, 2.05) is 0 Å². The van der Waals surface area contributed by atoms with Crippen LogP contribution in [0.2, 0.25) is 0 Å². The summed E-state index contributed by atoms with van der Waals surface area (Å²) in [5.41, 5.74) is 1.51. The van der Waals surface area contributed by atoms with E-state index in [0.717, 1.165) is 10.2 Å². The van der Waals surface area contributed by atoms with Gasteiger partial charge in [0.15, 0.2) is 0 Å². The van der Waals surface area contributed by atoms with Gasteiger partial charge >= 0.3 is 0 Å². The second kappa shape index (κ2) is 7.56. The van der Waals surface area contributed by atoms with Crippen molar-refractivity contribution in [3.63, 3.8) is 0 Å². The predicted octanol–water partition coefficient (Wildman–Crippen LogP) is 0.467. The first-order valence-corrected chi connectivity index (χ1v) is 7.99. The lowest BCUT2D eigenvalue weighted by Gasteiger charge is -2.07. The molecule has 1 heterocycles. The number of carbonyl (C=O) groups excluding carboxylic acids is 2. The van der Waals surface area contributed by atoms with Crippen LogP contribution in [0.3, 0.4) is 0 Å². The molecule has 1 aromatic heterocycles. The van der Waals surface area contributed by atoms with Gasteiger partial charge in [-0.15, -0.1) is 5.10 Å². The summed E-state index contributed by atoms with van der Waals surface area (Å²) in [7, 11) is 1.56. The average molecular weight is 351 g/mol. The van der Waals surface area contributed by atoms with Gasteiger partial charge in [0, 0.05) is 19.2 Å². The van der Waals surface area contributed by atoms with Gasteiger partial charge in [0.05, 0.1) is 5.39 Å². The molecule has 3 rings (SSSR count). The van der Waals surface area contributed by atoms with Gasteiger partial charge in [0.25, 0.3) is 11.5 Å². The number of nitrogens with one attached hydrogen (secondary N) is 2. The van der Waals surface area contributed by atoms with Gasteiger partial charge < -0.3 is 10.6 Å². The molecule has 0 saturated carbocycles. The van der Waals surface area contributed by atoms with E-state index in [2.05, 4.69) is 20.9 Å². The third kappa shape index (κ3) is 3.75. The summed E-state index contributed by atoms with van der Waals surface area (Å²) in [5.74, 6) is -0.526. The maximum absolute atomic E-state index is 12.3. The highest BCUT2D eigenvalue weighted by molar-refractivity contribution is 5.93. The normalized spacial score (nSPS) is 10.5. The molecule has 8 nitrogen and oxygen atoms in total. The van der Waals surface area contributed by atoms with Crippen LogP contribution in [-0.4, -0.2) is 33.9 Å². The molecule has 2 amide bonds. The van der Waals surface area contributed by atoms with Crippen LogP contribution in [0, 0.1) is 0 Å². The van der Waals surface area contributed by atoms with Crippen LogP contribution in [0.1, 0.15) is 15.9 Å². The SMILES string of the molecule is CNC(=O)c1ccc(CNC(=O)Cn2nnc3ccccc3c2=O)cc1. The van der Waals surface area contributed by atoms with Gasteiger partial charge in [-0.1, -0.05) is 29.5 Å². The maximum atomic E-state index is 12.3. The highest BCUT2D eigenvalue weighted by atomic mass is 16.2. The fraction of sp³-hybridized carbons (Fsp3) is 0.167. The van der Waals surface area contributed by atoms with E-state index < -0.39 is 0 Å². The molecular weight excluding hydrogens is 334 g/mol. The Balaban J connectivity index is 1.63. The van der Waals surface area contributed by atoms with E-state index >= 15 is 0 Å². The zero-order chi connectivity index (χ0) is 18.5. The summed E-state index contributed by atoms with van der Waals surface area (Å²) < 4.78 is 1.03. The number of benzene rings is 2. The summed E-state index contributed by atoms with van der Waals surface area (Å²) in [6, 6.07) is 13.7. The first kappa shape index (κ1) is 17.3. The number of nitrogens with zero attached hydrogens (tertiary/aromatic N) is 3. The molecule has 0 fully saturated rings. The van der Waals surface area contributed by atoms with E-state index in [9.17, 15) is 14.4 Å². The molecule has 8 heteroatoms. The van der Waals surface area contributed by atoms with Crippen LogP contribution in [0.15, 0.2) is 53.3 Å². The Morgan fingerprint density at radius 1 is 1.08 bits per heavy atom. The van der Waals surface area contributed by atoms with Crippen molar-refractivity contribution in [1.82, 2.24) is 25.6 Å². The Bertz CT molecular complexity index is 1010. The minimum atomic E-state index is -0.360. The second-order valence-electron chi connectivity index (χ2n) is 5.62. The van der Waals surface area contributed by atoms with Gasteiger partial charge in [0.2, 0.25) is 5.91 Å². The highest BCUT2D eigenvalue weighted by Gasteiger charge is 2.09. The van der Waals surface area contributed by atoms with Crippen molar-refractivity contribution in [2.45, 2.75) is 13.1 Å². The van der Waals surface area contributed by atoms with E-state index in [1.54, 1.807) is 55.6 Å². The molecule has 2 N–H and O–H groups in total. The number of fused-ring (bicyclic) bond motifs is 1. The lowest BCUT2D eigenvalue weighted by Crippen LogP contribution is -2.34. The smallest absolute Gasteiger partial charge is 0.278 e.